The van der Waals surface area contributed by atoms with Gasteiger partial charge in [0, 0.05) is 18.9 Å². The maximum atomic E-state index is 12.0. The average Bonchev–Trinajstić information content (AvgIpc) is 2.93. The number of amides is 1. The van der Waals surface area contributed by atoms with Gasteiger partial charge in [-0.15, -0.1) is 0 Å². The lowest BCUT2D eigenvalue weighted by atomic mass is 9.79. The third-order valence-corrected chi connectivity index (χ3v) is 4.10. The molecule has 0 aromatic carbocycles. The van der Waals surface area contributed by atoms with Crippen molar-refractivity contribution < 1.29 is 9.90 Å². The molecule has 2 rings (SSSR count). The van der Waals surface area contributed by atoms with E-state index in [2.05, 4.69) is 17.3 Å². The molecule has 0 bridgehead atoms. The molecule has 1 unspecified atom stereocenters. The van der Waals surface area contributed by atoms with Crippen LogP contribution in [-0.2, 0) is 4.79 Å². The van der Waals surface area contributed by atoms with Crippen molar-refractivity contribution >= 4 is 5.91 Å². The van der Waals surface area contributed by atoms with Gasteiger partial charge in [-0.25, -0.2) is 0 Å². The highest BCUT2D eigenvalue weighted by molar-refractivity contribution is 5.79. The number of rotatable bonds is 4. The zero-order valence-electron chi connectivity index (χ0n) is 11.7. The number of carbonyl (C=O) groups is 1. The lowest BCUT2D eigenvalue weighted by Crippen LogP contribution is -2.46. The normalized spacial score (nSPS) is 28.9. The van der Waals surface area contributed by atoms with Crippen LogP contribution < -0.4 is 5.32 Å². The monoisotopic (exact) mass is 265 g/mol. The summed E-state index contributed by atoms with van der Waals surface area (Å²) in [6.07, 6.45) is 7.01. The van der Waals surface area contributed by atoms with Crippen LogP contribution in [0.1, 0.15) is 45.6 Å². The van der Waals surface area contributed by atoms with E-state index in [4.69, 9.17) is 0 Å². The quantitative estimate of drug-likeness (QED) is 0.867. The molecule has 1 aromatic rings. The third kappa shape index (κ3) is 3.56. The van der Waals surface area contributed by atoms with Crippen LogP contribution in [0.3, 0.4) is 0 Å². The van der Waals surface area contributed by atoms with E-state index in [1.165, 1.54) is 0 Å². The highest BCUT2D eigenvalue weighted by Crippen LogP contribution is 2.31. The first-order valence-electron chi connectivity index (χ1n) is 6.99. The number of hydrogen-bond donors (Lipinski definition) is 2. The minimum absolute atomic E-state index is 0.101. The van der Waals surface area contributed by atoms with Crippen molar-refractivity contribution in [1.29, 1.82) is 0 Å². The number of carbonyl (C=O) groups excluding carboxylic acids is 1. The van der Waals surface area contributed by atoms with Gasteiger partial charge < -0.3 is 10.4 Å². The maximum Gasteiger partial charge on any atom is 0.244 e. The predicted molar refractivity (Wildman–Crippen MR) is 72.5 cm³/mol. The lowest BCUT2D eigenvalue weighted by Gasteiger charge is -2.35. The van der Waals surface area contributed by atoms with E-state index in [1.54, 1.807) is 30.1 Å². The number of hydrogen-bond acceptors (Lipinski definition) is 3. The second-order valence-electron chi connectivity index (χ2n) is 5.79. The molecular weight excluding hydrogens is 242 g/mol. The first kappa shape index (κ1) is 14.1. The Morgan fingerprint density at radius 1 is 1.58 bits per heavy atom. The first-order valence-corrected chi connectivity index (χ1v) is 6.99. The number of aromatic nitrogens is 2. The highest BCUT2D eigenvalue weighted by Gasteiger charge is 2.32. The van der Waals surface area contributed by atoms with E-state index in [9.17, 15) is 9.90 Å². The largest absolute Gasteiger partial charge is 0.388 e. The summed E-state index contributed by atoms with van der Waals surface area (Å²) in [5.74, 6) is 0.578. The number of nitrogens with one attached hydrogen (secondary N) is 1. The Bertz CT molecular complexity index is 408. The van der Waals surface area contributed by atoms with Crippen LogP contribution >= 0.6 is 0 Å². The predicted octanol–water partition coefficient (Wildman–Crippen LogP) is 1.50. The molecule has 0 aliphatic heterocycles. The lowest BCUT2D eigenvalue weighted by molar-refractivity contribution is -0.125. The fourth-order valence-electron chi connectivity index (χ4n) is 2.51. The summed E-state index contributed by atoms with van der Waals surface area (Å²) >= 11 is 0. The van der Waals surface area contributed by atoms with Crippen LogP contribution in [0.5, 0.6) is 0 Å². The second-order valence-corrected chi connectivity index (χ2v) is 5.79. The van der Waals surface area contributed by atoms with Crippen LogP contribution in [0.4, 0.5) is 0 Å². The molecule has 5 nitrogen and oxygen atoms in total. The van der Waals surface area contributed by atoms with E-state index < -0.39 is 5.60 Å². The molecule has 0 radical (unpaired) electrons. The summed E-state index contributed by atoms with van der Waals surface area (Å²) in [6.45, 7) is 4.34. The molecule has 106 valence electrons. The van der Waals surface area contributed by atoms with Gasteiger partial charge in [0.25, 0.3) is 0 Å². The van der Waals surface area contributed by atoms with Crippen LogP contribution in [0.2, 0.25) is 0 Å². The summed E-state index contributed by atoms with van der Waals surface area (Å²) in [7, 11) is 0. The van der Waals surface area contributed by atoms with E-state index in [1.807, 2.05) is 0 Å². The van der Waals surface area contributed by atoms with Gasteiger partial charge in [-0.2, -0.15) is 5.10 Å². The summed E-state index contributed by atoms with van der Waals surface area (Å²) in [6, 6.07) is 1.45. The van der Waals surface area contributed by atoms with Crippen molar-refractivity contribution in [2.75, 3.05) is 6.54 Å². The second kappa shape index (κ2) is 5.74. The Hall–Kier alpha value is -1.36. The van der Waals surface area contributed by atoms with Gasteiger partial charge in [0.05, 0.1) is 5.60 Å². The molecule has 0 spiro atoms. The molecule has 1 aliphatic carbocycles. The van der Waals surface area contributed by atoms with Gasteiger partial charge in [-0.05, 0) is 44.6 Å². The standard InChI is InChI=1S/C14H23N3O2/c1-11-4-6-14(19,7-5-11)10-15-13(18)12(2)17-9-3-8-16-17/h3,8-9,11-12,19H,4-7,10H2,1-2H3,(H,15,18). The molecule has 1 atom stereocenters. The number of aliphatic hydroxyl groups is 1. The zero-order valence-corrected chi connectivity index (χ0v) is 11.7. The Balaban J connectivity index is 1.83. The molecular formula is C14H23N3O2. The summed E-state index contributed by atoms with van der Waals surface area (Å²) < 4.78 is 1.61. The van der Waals surface area contributed by atoms with Crippen LogP contribution in [-0.4, -0.2) is 32.9 Å². The van der Waals surface area contributed by atoms with Crippen LogP contribution in [0, 0.1) is 5.92 Å². The molecule has 0 saturated heterocycles. The zero-order chi connectivity index (χ0) is 13.9. The summed E-state index contributed by atoms with van der Waals surface area (Å²) in [5.41, 5.74) is -0.730. The van der Waals surface area contributed by atoms with Gasteiger partial charge in [0.2, 0.25) is 5.91 Å². The smallest absolute Gasteiger partial charge is 0.244 e. The third-order valence-electron chi connectivity index (χ3n) is 4.10. The molecule has 2 N–H and O–H groups in total. The average molecular weight is 265 g/mol. The molecule has 5 heteroatoms. The Kier molecular flexibility index (Phi) is 4.24. The van der Waals surface area contributed by atoms with E-state index in [0.29, 0.717) is 12.5 Å². The fraction of sp³-hybridized carbons (Fsp3) is 0.714. The van der Waals surface area contributed by atoms with Crippen molar-refractivity contribution in [3.05, 3.63) is 18.5 Å². The molecule has 1 aliphatic rings. The van der Waals surface area contributed by atoms with Crippen molar-refractivity contribution in [3.8, 4) is 0 Å². The molecule has 1 amide bonds. The van der Waals surface area contributed by atoms with Crippen LogP contribution in [0.25, 0.3) is 0 Å². The molecule has 19 heavy (non-hydrogen) atoms. The minimum atomic E-state index is -0.730. The minimum Gasteiger partial charge on any atom is -0.388 e. The van der Waals surface area contributed by atoms with Crippen molar-refractivity contribution in [1.82, 2.24) is 15.1 Å². The Morgan fingerprint density at radius 3 is 2.84 bits per heavy atom. The Morgan fingerprint density at radius 2 is 2.26 bits per heavy atom. The molecule has 1 fully saturated rings. The Labute approximate surface area is 114 Å². The summed E-state index contributed by atoms with van der Waals surface area (Å²) in [4.78, 5) is 12.0. The van der Waals surface area contributed by atoms with E-state index in [0.717, 1.165) is 25.7 Å². The van der Waals surface area contributed by atoms with E-state index in [-0.39, 0.29) is 11.9 Å². The SMILES string of the molecule is CC1CCC(O)(CNC(=O)C(C)n2cccn2)CC1. The molecule has 1 saturated carbocycles. The van der Waals surface area contributed by atoms with Crippen molar-refractivity contribution in [3.63, 3.8) is 0 Å². The first-order chi connectivity index (χ1) is 9.00. The van der Waals surface area contributed by atoms with Crippen molar-refractivity contribution in [2.45, 2.75) is 51.2 Å². The molecule has 1 heterocycles. The van der Waals surface area contributed by atoms with Crippen LogP contribution in [0.15, 0.2) is 18.5 Å². The van der Waals surface area contributed by atoms with Crippen molar-refractivity contribution in [2.24, 2.45) is 5.92 Å². The fourth-order valence-corrected chi connectivity index (χ4v) is 2.51. The van der Waals surface area contributed by atoms with Gasteiger partial charge >= 0.3 is 0 Å². The topological polar surface area (TPSA) is 67.2 Å². The maximum absolute atomic E-state index is 12.0. The van der Waals surface area contributed by atoms with E-state index >= 15 is 0 Å². The number of nitrogens with zero attached hydrogens (tertiary/aromatic N) is 2. The highest BCUT2D eigenvalue weighted by atomic mass is 16.3. The molecule has 1 aromatic heterocycles. The van der Waals surface area contributed by atoms with Gasteiger partial charge in [-0.1, -0.05) is 6.92 Å². The summed E-state index contributed by atoms with van der Waals surface area (Å²) in [5, 5.41) is 17.3. The van der Waals surface area contributed by atoms with Gasteiger partial charge in [0.1, 0.15) is 6.04 Å². The van der Waals surface area contributed by atoms with Gasteiger partial charge in [-0.3, -0.25) is 9.48 Å². The van der Waals surface area contributed by atoms with Gasteiger partial charge in [0.15, 0.2) is 0 Å².